The number of halogens is 1. The van der Waals surface area contributed by atoms with Crippen molar-refractivity contribution in [3.8, 4) is 0 Å². The van der Waals surface area contributed by atoms with Crippen LogP contribution in [0.3, 0.4) is 0 Å². The zero-order valence-electron chi connectivity index (χ0n) is 15.8. The minimum atomic E-state index is -0.168. The van der Waals surface area contributed by atoms with Crippen LogP contribution in [0.5, 0.6) is 0 Å². The van der Waals surface area contributed by atoms with Crippen LogP contribution in [-0.2, 0) is 6.54 Å². The van der Waals surface area contributed by atoms with Crippen LogP contribution in [0.2, 0.25) is 5.02 Å². The van der Waals surface area contributed by atoms with E-state index in [1.165, 1.54) is 32.1 Å². The van der Waals surface area contributed by atoms with Crippen molar-refractivity contribution in [1.82, 2.24) is 9.99 Å². The summed E-state index contributed by atoms with van der Waals surface area (Å²) in [5.74, 6) is 0.318. The molecule has 0 aliphatic heterocycles. The molecule has 1 aliphatic rings. The Kier molecular flexibility index (Phi) is 5.77. The van der Waals surface area contributed by atoms with E-state index in [0.29, 0.717) is 18.0 Å². The summed E-state index contributed by atoms with van der Waals surface area (Å²) in [5.41, 5.74) is 5.53. The number of hydrazone groups is 1. The fourth-order valence-corrected chi connectivity index (χ4v) is 4.02. The van der Waals surface area contributed by atoms with Crippen LogP contribution in [0.4, 0.5) is 0 Å². The van der Waals surface area contributed by atoms with Crippen LogP contribution >= 0.6 is 11.6 Å². The number of nitrogens with one attached hydrogen (secondary N) is 1. The predicted octanol–water partition coefficient (Wildman–Crippen LogP) is 5.64. The number of aromatic nitrogens is 1. The molecule has 0 unspecified atom stereocenters. The summed E-state index contributed by atoms with van der Waals surface area (Å²) in [6.07, 6.45) is 9.96. The van der Waals surface area contributed by atoms with Gasteiger partial charge in [-0.2, -0.15) is 5.10 Å². The Morgan fingerprint density at radius 3 is 2.64 bits per heavy atom. The molecule has 1 amide bonds. The smallest absolute Gasteiger partial charge is 0.273 e. The van der Waals surface area contributed by atoms with E-state index in [1.807, 2.05) is 60.9 Å². The highest BCUT2D eigenvalue weighted by Crippen LogP contribution is 2.24. The molecule has 4 rings (SSSR count). The van der Waals surface area contributed by atoms with Crippen molar-refractivity contribution < 1.29 is 4.79 Å². The number of rotatable bonds is 5. The lowest BCUT2D eigenvalue weighted by molar-refractivity contribution is 0.0956. The Bertz CT molecular complexity index is 985. The highest BCUT2D eigenvalue weighted by molar-refractivity contribution is 6.30. The first-order chi connectivity index (χ1) is 13.7. The first kappa shape index (κ1) is 18.8. The number of amides is 1. The number of hydrogen-bond acceptors (Lipinski definition) is 2. The maximum Gasteiger partial charge on any atom is 0.273 e. The molecule has 5 heteroatoms. The summed E-state index contributed by atoms with van der Waals surface area (Å²) in [7, 11) is 0. The van der Waals surface area contributed by atoms with Gasteiger partial charge in [0.25, 0.3) is 5.91 Å². The summed E-state index contributed by atoms with van der Waals surface area (Å²) in [5, 5.41) is 5.88. The molecular weight excluding hydrogens is 370 g/mol. The molecule has 1 saturated carbocycles. The lowest BCUT2D eigenvalue weighted by Gasteiger charge is -2.16. The molecule has 28 heavy (non-hydrogen) atoms. The van der Waals surface area contributed by atoms with Crippen LogP contribution in [0.15, 0.2) is 59.8 Å². The normalized spacial score (nSPS) is 15.3. The van der Waals surface area contributed by atoms with E-state index in [-0.39, 0.29) is 5.91 Å². The second-order valence-electron chi connectivity index (χ2n) is 7.43. The van der Waals surface area contributed by atoms with Crippen molar-refractivity contribution in [3.63, 3.8) is 0 Å². The second kappa shape index (κ2) is 8.61. The van der Waals surface area contributed by atoms with E-state index >= 15 is 0 Å². The fourth-order valence-electron chi connectivity index (χ4n) is 3.89. The van der Waals surface area contributed by atoms with Gasteiger partial charge in [-0.15, -0.1) is 0 Å². The van der Waals surface area contributed by atoms with Crippen LogP contribution in [0, 0.1) is 5.92 Å². The average molecular weight is 394 g/mol. The molecule has 0 atom stereocenters. The Balaban J connectivity index is 1.54. The molecule has 2 aromatic carbocycles. The van der Waals surface area contributed by atoms with Gasteiger partial charge >= 0.3 is 0 Å². The van der Waals surface area contributed by atoms with Crippen LogP contribution < -0.4 is 5.43 Å². The Morgan fingerprint density at radius 2 is 1.86 bits per heavy atom. The van der Waals surface area contributed by atoms with Gasteiger partial charge in [-0.1, -0.05) is 61.2 Å². The van der Waals surface area contributed by atoms with Crippen molar-refractivity contribution in [2.75, 3.05) is 0 Å². The van der Waals surface area contributed by atoms with Crippen molar-refractivity contribution in [2.45, 2.75) is 38.6 Å². The van der Waals surface area contributed by atoms with E-state index in [0.717, 1.165) is 21.5 Å². The standard InChI is InChI=1S/C23H24ClN3O/c24-19-12-10-18(11-13-19)15-27-16-21(20-8-4-5-9-22(20)27)23(28)26-25-14-17-6-2-1-3-7-17/h4-5,8-14,16-17H,1-3,6-7,15H2,(H,26,28)/b25-14+. The monoisotopic (exact) mass is 393 g/mol. The van der Waals surface area contributed by atoms with Gasteiger partial charge in [-0.05, 0) is 42.5 Å². The first-order valence-electron chi connectivity index (χ1n) is 9.86. The summed E-state index contributed by atoms with van der Waals surface area (Å²) in [4.78, 5) is 12.8. The molecule has 1 N–H and O–H groups in total. The molecule has 0 bridgehead atoms. The zero-order valence-corrected chi connectivity index (χ0v) is 16.5. The number of carbonyl (C=O) groups is 1. The highest BCUT2D eigenvalue weighted by Gasteiger charge is 2.15. The molecule has 0 radical (unpaired) electrons. The fraction of sp³-hybridized carbons (Fsp3) is 0.304. The zero-order chi connectivity index (χ0) is 19.3. The van der Waals surface area contributed by atoms with Gasteiger partial charge in [0.1, 0.15) is 0 Å². The lowest BCUT2D eigenvalue weighted by atomic mass is 9.90. The molecule has 1 heterocycles. The van der Waals surface area contributed by atoms with Gasteiger partial charge in [0.05, 0.1) is 5.56 Å². The number of carbonyl (C=O) groups excluding carboxylic acids is 1. The van der Waals surface area contributed by atoms with Crippen LogP contribution in [0.1, 0.15) is 48.0 Å². The summed E-state index contributed by atoms with van der Waals surface area (Å²) in [6, 6.07) is 15.7. The quantitative estimate of drug-likeness (QED) is 0.442. The minimum absolute atomic E-state index is 0.168. The number of benzene rings is 2. The number of nitrogens with zero attached hydrogens (tertiary/aromatic N) is 2. The predicted molar refractivity (Wildman–Crippen MR) is 115 cm³/mol. The van der Waals surface area contributed by atoms with Crippen molar-refractivity contribution in [3.05, 3.63) is 70.9 Å². The summed E-state index contributed by atoms with van der Waals surface area (Å²) in [6.45, 7) is 0.677. The minimum Gasteiger partial charge on any atom is -0.342 e. The van der Waals surface area contributed by atoms with Gasteiger partial charge < -0.3 is 4.57 Å². The maximum absolute atomic E-state index is 12.8. The molecule has 0 saturated heterocycles. The molecule has 1 aromatic heterocycles. The average Bonchev–Trinajstić information content (AvgIpc) is 3.09. The third-order valence-corrected chi connectivity index (χ3v) is 5.65. The number of hydrogen-bond donors (Lipinski definition) is 1. The Morgan fingerprint density at radius 1 is 1.11 bits per heavy atom. The third-order valence-electron chi connectivity index (χ3n) is 5.40. The Labute approximate surface area is 170 Å². The van der Waals surface area contributed by atoms with Gasteiger partial charge in [-0.3, -0.25) is 4.79 Å². The lowest BCUT2D eigenvalue weighted by Crippen LogP contribution is -2.19. The SMILES string of the molecule is O=C(N/N=C/C1CCCCC1)c1cn(Cc2ccc(Cl)cc2)c2ccccc12. The van der Waals surface area contributed by atoms with Crippen LogP contribution in [0.25, 0.3) is 10.9 Å². The molecule has 3 aromatic rings. The topological polar surface area (TPSA) is 46.4 Å². The molecular formula is C23H24ClN3O. The molecule has 1 aliphatic carbocycles. The van der Waals surface area contributed by atoms with E-state index in [1.54, 1.807) is 0 Å². The molecule has 144 valence electrons. The number of para-hydroxylation sites is 1. The second-order valence-corrected chi connectivity index (χ2v) is 7.87. The van der Waals surface area contributed by atoms with Crippen molar-refractivity contribution >= 4 is 34.6 Å². The van der Waals surface area contributed by atoms with Crippen LogP contribution in [-0.4, -0.2) is 16.7 Å². The molecule has 0 spiro atoms. The maximum atomic E-state index is 12.8. The summed E-state index contributed by atoms with van der Waals surface area (Å²) >= 11 is 5.99. The van der Waals surface area contributed by atoms with E-state index in [9.17, 15) is 4.79 Å². The highest BCUT2D eigenvalue weighted by atomic mass is 35.5. The third kappa shape index (κ3) is 4.28. The molecule has 1 fully saturated rings. The van der Waals surface area contributed by atoms with Gasteiger partial charge in [0.15, 0.2) is 0 Å². The Hall–Kier alpha value is -2.59. The van der Waals surface area contributed by atoms with Gasteiger partial charge in [-0.25, -0.2) is 5.43 Å². The van der Waals surface area contributed by atoms with Gasteiger partial charge in [0.2, 0.25) is 0 Å². The molecule has 4 nitrogen and oxygen atoms in total. The van der Waals surface area contributed by atoms with E-state index in [4.69, 9.17) is 11.6 Å². The van der Waals surface area contributed by atoms with E-state index in [2.05, 4.69) is 15.1 Å². The largest absolute Gasteiger partial charge is 0.342 e. The van der Waals surface area contributed by atoms with Crippen molar-refractivity contribution in [1.29, 1.82) is 0 Å². The summed E-state index contributed by atoms with van der Waals surface area (Å²) < 4.78 is 2.10. The number of fused-ring (bicyclic) bond motifs is 1. The van der Waals surface area contributed by atoms with Gasteiger partial charge in [0, 0.05) is 34.9 Å². The first-order valence-corrected chi connectivity index (χ1v) is 10.2. The van der Waals surface area contributed by atoms with Crippen molar-refractivity contribution in [2.24, 2.45) is 11.0 Å². The van der Waals surface area contributed by atoms with E-state index < -0.39 is 0 Å².